The van der Waals surface area contributed by atoms with Crippen LogP contribution in [0.2, 0.25) is 0 Å². The Kier molecular flexibility index (Phi) is 6.39. The summed E-state index contributed by atoms with van der Waals surface area (Å²) in [7, 11) is 3.16. The van der Waals surface area contributed by atoms with Crippen LogP contribution in [0.5, 0.6) is 17.2 Å². The van der Waals surface area contributed by atoms with Crippen LogP contribution in [0.4, 0.5) is 0 Å². The van der Waals surface area contributed by atoms with Crippen molar-refractivity contribution in [1.29, 1.82) is 0 Å². The second-order valence-corrected chi connectivity index (χ2v) is 5.29. The first kappa shape index (κ1) is 18.3. The van der Waals surface area contributed by atoms with Crippen molar-refractivity contribution in [2.45, 2.75) is 13.3 Å². The molecular weight excluding hydrogens is 322 g/mol. The summed E-state index contributed by atoms with van der Waals surface area (Å²) in [6.45, 7) is 1.73. The Morgan fingerprint density at radius 3 is 2.36 bits per heavy atom. The average molecular weight is 343 g/mol. The van der Waals surface area contributed by atoms with Gasteiger partial charge in [-0.15, -0.1) is 0 Å². The van der Waals surface area contributed by atoms with Gasteiger partial charge in [-0.2, -0.15) is 0 Å². The minimum absolute atomic E-state index is 0.249. The van der Waals surface area contributed by atoms with Crippen LogP contribution in [-0.2, 0) is 11.2 Å². The molecule has 0 aromatic heterocycles. The average Bonchev–Trinajstić information content (AvgIpc) is 2.61. The molecule has 6 nitrogen and oxygen atoms in total. The van der Waals surface area contributed by atoms with E-state index >= 15 is 0 Å². The van der Waals surface area contributed by atoms with Crippen LogP contribution in [-0.4, -0.2) is 32.6 Å². The van der Waals surface area contributed by atoms with Crippen LogP contribution in [0.3, 0.4) is 0 Å². The van der Waals surface area contributed by atoms with Gasteiger partial charge >= 0.3 is 5.97 Å². The number of carbonyl (C=O) groups excluding carboxylic acids is 2. The summed E-state index contributed by atoms with van der Waals surface area (Å²) in [6.07, 6.45) is 0.627. The lowest BCUT2D eigenvalue weighted by atomic mass is 10.1. The highest BCUT2D eigenvalue weighted by Crippen LogP contribution is 2.27. The molecule has 2 rings (SSSR count). The molecule has 0 atom stereocenters. The summed E-state index contributed by atoms with van der Waals surface area (Å²) in [5.41, 5.74) is 1.33. The molecule has 25 heavy (non-hydrogen) atoms. The van der Waals surface area contributed by atoms with Crippen LogP contribution in [0.1, 0.15) is 22.8 Å². The third-order valence-corrected chi connectivity index (χ3v) is 3.53. The number of esters is 1. The smallest absolute Gasteiger partial charge is 0.308 e. The van der Waals surface area contributed by atoms with E-state index in [9.17, 15) is 9.59 Å². The molecule has 0 aliphatic carbocycles. The lowest BCUT2D eigenvalue weighted by molar-refractivity contribution is -0.131. The van der Waals surface area contributed by atoms with Crippen LogP contribution in [0, 0.1) is 0 Å². The van der Waals surface area contributed by atoms with Crippen molar-refractivity contribution in [3.63, 3.8) is 0 Å². The highest BCUT2D eigenvalue weighted by molar-refractivity contribution is 5.97. The van der Waals surface area contributed by atoms with Gasteiger partial charge < -0.3 is 19.5 Å². The minimum atomic E-state index is -0.467. The summed E-state index contributed by atoms with van der Waals surface area (Å²) in [5.74, 6) is 0.790. The highest BCUT2D eigenvalue weighted by Gasteiger charge is 2.13. The van der Waals surface area contributed by atoms with Crippen molar-refractivity contribution in [3.05, 3.63) is 53.6 Å². The summed E-state index contributed by atoms with van der Waals surface area (Å²) < 4.78 is 15.5. The topological polar surface area (TPSA) is 73.9 Å². The fourth-order valence-corrected chi connectivity index (χ4v) is 2.35. The van der Waals surface area contributed by atoms with E-state index in [0.29, 0.717) is 30.0 Å². The zero-order valence-electron chi connectivity index (χ0n) is 14.5. The number of methoxy groups -OCH3 is 2. The molecule has 0 saturated heterocycles. The molecule has 0 heterocycles. The molecule has 1 N–H and O–H groups in total. The predicted octanol–water partition coefficient (Wildman–Crippen LogP) is 2.60. The highest BCUT2D eigenvalue weighted by atomic mass is 16.5. The number of hydrogen-bond donors (Lipinski definition) is 1. The fraction of sp³-hybridized carbons (Fsp3) is 0.263. The number of benzene rings is 2. The third kappa shape index (κ3) is 4.97. The van der Waals surface area contributed by atoms with Gasteiger partial charge in [-0.25, -0.2) is 0 Å². The van der Waals surface area contributed by atoms with E-state index in [-0.39, 0.29) is 11.7 Å². The molecule has 2 aromatic carbocycles. The van der Waals surface area contributed by atoms with Gasteiger partial charge in [-0.05, 0) is 36.2 Å². The zero-order valence-corrected chi connectivity index (χ0v) is 14.5. The lowest BCUT2D eigenvalue weighted by Gasteiger charge is -2.11. The maximum absolute atomic E-state index is 12.3. The summed E-state index contributed by atoms with van der Waals surface area (Å²) in [5, 5.41) is 2.82. The van der Waals surface area contributed by atoms with E-state index in [0.717, 1.165) is 5.56 Å². The maximum Gasteiger partial charge on any atom is 0.308 e. The first-order chi connectivity index (χ1) is 12.0. The van der Waals surface area contributed by atoms with Gasteiger partial charge in [-0.3, -0.25) is 9.59 Å². The first-order valence-corrected chi connectivity index (χ1v) is 7.81. The number of nitrogens with one attached hydrogen (secondary N) is 1. The monoisotopic (exact) mass is 343 g/mol. The van der Waals surface area contributed by atoms with Gasteiger partial charge in [0, 0.05) is 13.5 Å². The molecule has 0 radical (unpaired) electrons. The van der Waals surface area contributed by atoms with Gasteiger partial charge in [0.15, 0.2) is 11.5 Å². The van der Waals surface area contributed by atoms with E-state index in [1.807, 2.05) is 18.2 Å². The van der Waals surface area contributed by atoms with Crippen LogP contribution >= 0.6 is 0 Å². The molecule has 0 bridgehead atoms. The van der Waals surface area contributed by atoms with Gasteiger partial charge in [0.05, 0.1) is 19.8 Å². The number of para-hydroxylation sites is 1. The molecule has 0 unspecified atom stereocenters. The summed E-state index contributed by atoms with van der Waals surface area (Å²) in [6, 6.07) is 12.2. The Morgan fingerprint density at radius 1 is 0.960 bits per heavy atom. The van der Waals surface area contributed by atoms with Crippen molar-refractivity contribution in [3.8, 4) is 17.2 Å². The van der Waals surface area contributed by atoms with E-state index in [1.54, 1.807) is 38.5 Å². The Balaban J connectivity index is 1.98. The molecule has 0 saturated carbocycles. The normalized spacial score (nSPS) is 10.0. The van der Waals surface area contributed by atoms with E-state index in [4.69, 9.17) is 14.2 Å². The minimum Gasteiger partial charge on any atom is -0.493 e. The predicted molar refractivity (Wildman–Crippen MR) is 93.3 cm³/mol. The Labute approximate surface area is 146 Å². The van der Waals surface area contributed by atoms with Crippen LogP contribution < -0.4 is 19.5 Å². The van der Waals surface area contributed by atoms with Gasteiger partial charge in [0.1, 0.15) is 5.75 Å². The fourth-order valence-electron chi connectivity index (χ4n) is 2.35. The number of rotatable bonds is 7. The third-order valence-electron chi connectivity index (χ3n) is 3.53. The van der Waals surface area contributed by atoms with Crippen molar-refractivity contribution in [1.82, 2.24) is 5.32 Å². The van der Waals surface area contributed by atoms with Crippen molar-refractivity contribution in [2.75, 3.05) is 20.8 Å². The maximum atomic E-state index is 12.3. The standard InChI is InChI=1S/C19H21NO5/c1-13(21)25-16-7-5-4-6-15(16)19(22)20-11-10-14-8-9-17(23-2)18(12-14)24-3/h4-9,12H,10-11H2,1-3H3,(H,20,22). The van der Waals surface area contributed by atoms with Gasteiger partial charge in [0.25, 0.3) is 5.91 Å². The SMILES string of the molecule is COc1ccc(CCNC(=O)c2ccccc2OC(C)=O)cc1OC. The Bertz CT molecular complexity index is 757. The van der Waals surface area contributed by atoms with Crippen molar-refractivity contribution < 1.29 is 23.8 Å². The molecule has 0 fully saturated rings. The first-order valence-electron chi connectivity index (χ1n) is 7.81. The van der Waals surface area contributed by atoms with E-state index in [2.05, 4.69) is 5.32 Å². The molecule has 2 aromatic rings. The lowest BCUT2D eigenvalue weighted by Crippen LogP contribution is -2.26. The summed E-state index contributed by atoms with van der Waals surface area (Å²) >= 11 is 0. The molecule has 0 spiro atoms. The molecular formula is C19H21NO5. The molecule has 132 valence electrons. The van der Waals surface area contributed by atoms with Crippen LogP contribution in [0.15, 0.2) is 42.5 Å². The number of ether oxygens (including phenoxy) is 3. The molecule has 0 aliphatic rings. The van der Waals surface area contributed by atoms with E-state index in [1.165, 1.54) is 6.92 Å². The number of amides is 1. The number of carbonyl (C=O) groups is 2. The number of hydrogen-bond acceptors (Lipinski definition) is 5. The summed E-state index contributed by atoms with van der Waals surface area (Å²) in [4.78, 5) is 23.4. The second kappa shape index (κ2) is 8.73. The van der Waals surface area contributed by atoms with Gasteiger partial charge in [-0.1, -0.05) is 18.2 Å². The quantitative estimate of drug-likeness (QED) is 0.618. The van der Waals surface area contributed by atoms with Crippen LogP contribution in [0.25, 0.3) is 0 Å². The van der Waals surface area contributed by atoms with Crippen molar-refractivity contribution in [2.24, 2.45) is 0 Å². The van der Waals surface area contributed by atoms with Gasteiger partial charge in [0.2, 0.25) is 0 Å². The second-order valence-electron chi connectivity index (χ2n) is 5.29. The van der Waals surface area contributed by atoms with E-state index < -0.39 is 5.97 Å². The Morgan fingerprint density at radius 2 is 1.68 bits per heavy atom. The molecule has 0 aliphatic heterocycles. The molecule has 6 heteroatoms. The zero-order chi connectivity index (χ0) is 18.2. The van der Waals surface area contributed by atoms with Crippen molar-refractivity contribution >= 4 is 11.9 Å². The molecule has 1 amide bonds. The Hall–Kier alpha value is -3.02. The largest absolute Gasteiger partial charge is 0.493 e.